The Kier molecular flexibility index (Phi) is 10.9. The van der Waals surface area contributed by atoms with E-state index < -0.39 is 73.1 Å². The van der Waals surface area contributed by atoms with Gasteiger partial charge in [0.25, 0.3) is 0 Å². The SMILES string of the molecule is NC(=O)CC(NC(=O)CNC(=O)C(CCC(=O)O)NC(=O)C(N)Cc1ccc(O)cc1)C(=O)O. The van der Waals surface area contributed by atoms with Gasteiger partial charge in [0.2, 0.25) is 23.6 Å². The number of carboxylic acid groups (broad SMARTS) is 2. The summed E-state index contributed by atoms with van der Waals surface area (Å²) < 4.78 is 0. The zero-order valence-electron chi connectivity index (χ0n) is 18.0. The van der Waals surface area contributed by atoms with Crippen LogP contribution in [-0.4, -0.2) is 75.6 Å². The first-order chi connectivity index (χ1) is 15.9. The summed E-state index contributed by atoms with van der Waals surface area (Å²) in [4.78, 5) is 69.7. The molecule has 34 heavy (non-hydrogen) atoms. The molecule has 0 saturated heterocycles. The van der Waals surface area contributed by atoms with E-state index in [-0.39, 0.29) is 18.6 Å². The number of benzene rings is 1. The number of amides is 4. The van der Waals surface area contributed by atoms with Crippen molar-refractivity contribution in [1.82, 2.24) is 16.0 Å². The molecule has 1 rings (SSSR count). The Labute approximate surface area is 193 Å². The molecule has 0 aliphatic carbocycles. The van der Waals surface area contributed by atoms with Crippen LogP contribution >= 0.6 is 0 Å². The van der Waals surface area contributed by atoms with E-state index in [9.17, 15) is 33.9 Å². The van der Waals surface area contributed by atoms with Crippen LogP contribution in [0.1, 0.15) is 24.8 Å². The normalized spacial score (nSPS) is 13.1. The van der Waals surface area contributed by atoms with E-state index in [1.54, 1.807) is 12.1 Å². The second-order valence-corrected chi connectivity index (χ2v) is 7.32. The summed E-state index contributed by atoms with van der Waals surface area (Å²) in [5.41, 5.74) is 11.4. The molecule has 3 atom stereocenters. The number of carbonyl (C=O) groups excluding carboxylic acids is 4. The summed E-state index contributed by atoms with van der Waals surface area (Å²) in [7, 11) is 0. The lowest BCUT2D eigenvalue weighted by atomic mass is 10.0. The highest BCUT2D eigenvalue weighted by atomic mass is 16.4. The standard InChI is InChI=1S/C20H27N5O9/c21-12(7-10-1-3-11(26)4-2-10)18(31)25-13(5-6-17(29)30)19(32)23-9-16(28)24-14(20(33)34)8-15(22)27/h1-4,12-14,26H,5-9,21H2,(H2,22,27)(H,23,32)(H,24,28)(H,25,31)(H,29,30)(H,33,34). The van der Waals surface area contributed by atoms with E-state index in [4.69, 9.17) is 21.7 Å². The number of carbonyl (C=O) groups is 6. The maximum atomic E-state index is 12.5. The number of aromatic hydroxyl groups is 1. The Morgan fingerprint density at radius 1 is 0.912 bits per heavy atom. The summed E-state index contributed by atoms with van der Waals surface area (Å²) in [5.74, 6) is -6.27. The van der Waals surface area contributed by atoms with E-state index in [0.717, 1.165) is 0 Å². The summed E-state index contributed by atoms with van der Waals surface area (Å²) >= 11 is 0. The van der Waals surface area contributed by atoms with Crippen molar-refractivity contribution in [3.8, 4) is 5.75 Å². The minimum absolute atomic E-state index is 0.0283. The van der Waals surface area contributed by atoms with Crippen LogP contribution in [0.3, 0.4) is 0 Å². The molecule has 0 aliphatic heterocycles. The van der Waals surface area contributed by atoms with Crippen molar-refractivity contribution in [2.24, 2.45) is 11.5 Å². The first kappa shape index (κ1) is 27.8. The van der Waals surface area contributed by atoms with Crippen LogP contribution in [0.2, 0.25) is 0 Å². The molecule has 186 valence electrons. The second-order valence-electron chi connectivity index (χ2n) is 7.32. The fraction of sp³-hybridized carbons (Fsp3) is 0.400. The van der Waals surface area contributed by atoms with Crippen LogP contribution in [0.5, 0.6) is 5.75 Å². The van der Waals surface area contributed by atoms with Gasteiger partial charge in [0.15, 0.2) is 0 Å². The molecule has 14 nitrogen and oxygen atoms in total. The fourth-order valence-corrected chi connectivity index (χ4v) is 2.73. The number of hydrogen-bond acceptors (Lipinski definition) is 8. The van der Waals surface area contributed by atoms with Crippen molar-refractivity contribution in [1.29, 1.82) is 0 Å². The first-order valence-corrected chi connectivity index (χ1v) is 10.0. The van der Waals surface area contributed by atoms with Crippen LogP contribution < -0.4 is 27.4 Å². The number of hydrogen-bond donors (Lipinski definition) is 8. The molecule has 0 saturated carbocycles. The number of primary amides is 1. The highest BCUT2D eigenvalue weighted by Gasteiger charge is 2.26. The molecular weight excluding hydrogens is 454 g/mol. The Balaban J connectivity index is 2.72. The van der Waals surface area contributed by atoms with Crippen molar-refractivity contribution in [2.75, 3.05) is 6.54 Å². The van der Waals surface area contributed by atoms with E-state index in [0.29, 0.717) is 5.56 Å². The molecule has 0 spiro atoms. The summed E-state index contributed by atoms with van der Waals surface area (Å²) in [6.45, 7) is -0.708. The number of carboxylic acids is 2. The third-order valence-electron chi connectivity index (χ3n) is 4.47. The zero-order valence-corrected chi connectivity index (χ0v) is 18.0. The molecule has 1 aromatic carbocycles. The maximum absolute atomic E-state index is 12.5. The quantitative estimate of drug-likeness (QED) is 0.135. The van der Waals surface area contributed by atoms with Gasteiger partial charge in [-0.1, -0.05) is 12.1 Å². The van der Waals surface area contributed by atoms with Gasteiger partial charge < -0.3 is 42.7 Å². The Morgan fingerprint density at radius 2 is 1.53 bits per heavy atom. The number of rotatable bonds is 14. The number of phenols is 1. The van der Waals surface area contributed by atoms with E-state index in [1.807, 2.05) is 5.32 Å². The fourth-order valence-electron chi connectivity index (χ4n) is 2.73. The Bertz CT molecular complexity index is 920. The van der Waals surface area contributed by atoms with Crippen molar-refractivity contribution in [2.45, 2.75) is 43.8 Å². The van der Waals surface area contributed by atoms with Gasteiger partial charge in [0.1, 0.15) is 17.8 Å². The molecule has 4 amide bonds. The van der Waals surface area contributed by atoms with Crippen LogP contribution in [-0.2, 0) is 35.2 Å². The predicted molar refractivity (Wildman–Crippen MR) is 115 cm³/mol. The molecule has 0 fully saturated rings. The molecule has 0 radical (unpaired) electrons. The third-order valence-corrected chi connectivity index (χ3v) is 4.47. The molecule has 14 heteroatoms. The van der Waals surface area contributed by atoms with Crippen LogP contribution in [0.25, 0.3) is 0 Å². The van der Waals surface area contributed by atoms with Crippen molar-refractivity contribution in [3.63, 3.8) is 0 Å². The van der Waals surface area contributed by atoms with Gasteiger partial charge in [0, 0.05) is 6.42 Å². The lowest BCUT2D eigenvalue weighted by molar-refractivity contribution is -0.143. The summed E-state index contributed by atoms with van der Waals surface area (Å²) in [6.07, 6.45) is -1.37. The Hall–Kier alpha value is -4.20. The number of aliphatic carboxylic acids is 2. The molecule has 0 aromatic heterocycles. The van der Waals surface area contributed by atoms with Crippen LogP contribution in [0, 0.1) is 0 Å². The molecule has 10 N–H and O–H groups in total. The average molecular weight is 481 g/mol. The van der Waals surface area contributed by atoms with Gasteiger partial charge in [0.05, 0.1) is 19.0 Å². The van der Waals surface area contributed by atoms with Gasteiger partial charge in [-0.3, -0.25) is 24.0 Å². The second kappa shape index (κ2) is 13.4. The zero-order chi connectivity index (χ0) is 25.8. The average Bonchev–Trinajstić information content (AvgIpc) is 2.75. The van der Waals surface area contributed by atoms with Gasteiger partial charge >= 0.3 is 11.9 Å². The lowest BCUT2D eigenvalue weighted by Gasteiger charge is -2.20. The minimum atomic E-state index is -1.60. The van der Waals surface area contributed by atoms with Gasteiger partial charge in [-0.05, 0) is 30.5 Å². The molecular formula is C20H27N5O9. The van der Waals surface area contributed by atoms with Crippen LogP contribution in [0.4, 0.5) is 0 Å². The molecule has 3 unspecified atom stereocenters. The van der Waals surface area contributed by atoms with E-state index >= 15 is 0 Å². The van der Waals surface area contributed by atoms with Gasteiger partial charge in [-0.2, -0.15) is 0 Å². The van der Waals surface area contributed by atoms with E-state index in [2.05, 4.69) is 10.6 Å². The molecule has 0 heterocycles. The smallest absolute Gasteiger partial charge is 0.326 e. The predicted octanol–water partition coefficient (Wildman–Crippen LogP) is -2.83. The number of phenolic OH excluding ortho intramolecular Hbond substituents is 1. The highest BCUT2D eigenvalue weighted by molar-refractivity contribution is 5.93. The molecule has 0 bridgehead atoms. The molecule has 1 aromatic rings. The first-order valence-electron chi connectivity index (χ1n) is 10.0. The van der Waals surface area contributed by atoms with Crippen LogP contribution in [0.15, 0.2) is 24.3 Å². The largest absolute Gasteiger partial charge is 0.508 e. The van der Waals surface area contributed by atoms with Crippen molar-refractivity contribution >= 4 is 35.6 Å². The van der Waals surface area contributed by atoms with Gasteiger partial charge in [-0.25, -0.2) is 4.79 Å². The van der Waals surface area contributed by atoms with E-state index in [1.165, 1.54) is 12.1 Å². The summed E-state index contributed by atoms with van der Waals surface area (Å²) in [6, 6.07) is 1.89. The van der Waals surface area contributed by atoms with Gasteiger partial charge in [-0.15, -0.1) is 0 Å². The van der Waals surface area contributed by atoms with Crippen molar-refractivity contribution in [3.05, 3.63) is 29.8 Å². The highest BCUT2D eigenvalue weighted by Crippen LogP contribution is 2.11. The maximum Gasteiger partial charge on any atom is 0.326 e. The lowest BCUT2D eigenvalue weighted by Crippen LogP contribution is -2.54. The molecule has 0 aliphatic rings. The Morgan fingerprint density at radius 3 is 2.06 bits per heavy atom. The number of nitrogens with two attached hydrogens (primary N) is 2. The number of nitrogens with one attached hydrogen (secondary N) is 3. The third kappa shape index (κ3) is 10.4. The monoisotopic (exact) mass is 481 g/mol. The van der Waals surface area contributed by atoms with Crippen molar-refractivity contribution < 1.29 is 44.1 Å². The topological polar surface area (TPSA) is 251 Å². The summed E-state index contributed by atoms with van der Waals surface area (Å²) in [5, 5.41) is 33.7. The minimum Gasteiger partial charge on any atom is -0.508 e.